The van der Waals surface area contributed by atoms with Crippen LogP contribution in [-0.4, -0.2) is 28.0 Å². The average molecular weight is 280 g/mol. The van der Waals surface area contributed by atoms with Crippen LogP contribution < -0.4 is 11.1 Å². The Morgan fingerprint density at radius 3 is 2.45 bits per heavy atom. The summed E-state index contributed by atoms with van der Waals surface area (Å²) in [7, 11) is 0. The molecule has 5 heteroatoms. The molecule has 0 radical (unpaired) electrons. The molecule has 0 aliphatic heterocycles. The minimum Gasteiger partial charge on any atom is -0.351 e. The number of hydrogen-bond acceptors (Lipinski definition) is 3. The molecule has 0 spiro atoms. The SMILES string of the molecule is CCC(C)(CN)C(=O)NC(Cn1ccnc1)C(C)(C)C. The lowest BCUT2D eigenvalue weighted by molar-refractivity contribution is -0.131. The number of amides is 1. The van der Waals surface area contributed by atoms with Gasteiger partial charge in [-0.3, -0.25) is 4.79 Å². The van der Waals surface area contributed by atoms with E-state index in [4.69, 9.17) is 5.73 Å². The highest BCUT2D eigenvalue weighted by atomic mass is 16.2. The highest BCUT2D eigenvalue weighted by Crippen LogP contribution is 2.24. The summed E-state index contributed by atoms with van der Waals surface area (Å²) < 4.78 is 1.99. The van der Waals surface area contributed by atoms with Crippen molar-refractivity contribution < 1.29 is 4.79 Å². The zero-order valence-electron chi connectivity index (χ0n) is 13.3. The first kappa shape index (κ1) is 16.7. The van der Waals surface area contributed by atoms with E-state index in [0.29, 0.717) is 13.1 Å². The van der Waals surface area contributed by atoms with E-state index in [1.807, 2.05) is 24.6 Å². The number of rotatable bonds is 6. The van der Waals surface area contributed by atoms with Crippen molar-refractivity contribution in [3.8, 4) is 0 Å². The molecule has 3 N–H and O–H groups in total. The maximum absolute atomic E-state index is 12.5. The first-order valence-corrected chi connectivity index (χ1v) is 7.19. The van der Waals surface area contributed by atoms with Crippen LogP contribution in [0, 0.1) is 10.8 Å². The van der Waals surface area contributed by atoms with E-state index in [-0.39, 0.29) is 17.4 Å². The van der Waals surface area contributed by atoms with Crippen LogP contribution in [0.25, 0.3) is 0 Å². The second kappa shape index (κ2) is 6.39. The Bertz CT molecular complexity index is 416. The standard InChI is InChI=1S/C15H28N4O/c1-6-15(5,10-16)13(20)18-12(14(2,3)4)9-19-8-7-17-11-19/h7-8,11-12H,6,9-10,16H2,1-5H3,(H,18,20). The van der Waals surface area contributed by atoms with Crippen molar-refractivity contribution in [2.24, 2.45) is 16.6 Å². The molecule has 2 unspecified atom stereocenters. The smallest absolute Gasteiger partial charge is 0.227 e. The quantitative estimate of drug-likeness (QED) is 0.834. The molecule has 1 rings (SSSR count). The van der Waals surface area contributed by atoms with Crippen molar-refractivity contribution in [2.75, 3.05) is 6.54 Å². The number of nitrogens with one attached hydrogen (secondary N) is 1. The Labute approximate surface area is 122 Å². The predicted molar refractivity (Wildman–Crippen MR) is 81.1 cm³/mol. The summed E-state index contributed by atoms with van der Waals surface area (Å²) in [6.45, 7) is 11.4. The number of hydrogen-bond donors (Lipinski definition) is 2. The third-order valence-corrected chi connectivity index (χ3v) is 4.08. The van der Waals surface area contributed by atoms with Gasteiger partial charge in [0.1, 0.15) is 0 Å². The van der Waals surface area contributed by atoms with Crippen molar-refractivity contribution in [3.05, 3.63) is 18.7 Å². The number of nitrogens with two attached hydrogens (primary N) is 1. The Kier molecular flexibility index (Phi) is 5.34. The summed E-state index contributed by atoms with van der Waals surface area (Å²) >= 11 is 0. The molecule has 0 saturated carbocycles. The van der Waals surface area contributed by atoms with Crippen LogP contribution in [0.3, 0.4) is 0 Å². The van der Waals surface area contributed by atoms with Gasteiger partial charge < -0.3 is 15.6 Å². The minimum atomic E-state index is -0.502. The minimum absolute atomic E-state index is 0.0293. The highest BCUT2D eigenvalue weighted by Gasteiger charge is 2.34. The first-order chi connectivity index (χ1) is 9.23. The highest BCUT2D eigenvalue weighted by molar-refractivity contribution is 5.82. The molecule has 0 aliphatic rings. The average Bonchev–Trinajstić information content (AvgIpc) is 2.88. The maximum atomic E-state index is 12.5. The van der Waals surface area contributed by atoms with Gasteiger partial charge in [-0.15, -0.1) is 0 Å². The molecule has 1 amide bonds. The van der Waals surface area contributed by atoms with E-state index in [0.717, 1.165) is 6.42 Å². The maximum Gasteiger partial charge on any atom is 0.227 e. The Morgan fingerprint density at radius 2 is 2.05 bits per heavy atom. The Balaban J connectivity index is 2.83. The topological polar surface area (TPSA) is 72.9 Å². The molecule has 0 saturated heterocycles. The van der Waals surface area contributed by atoms with E-state index in [9.17, 15) is 4.79 Å². The molecule has 2 atom stereocenters. The molecular formula is C15H28N4O. The first-order valence-electron chi connectivity index (χ1n) is 7.19. The number of nitrogens with zero attached hydrogens (tertiary/aromatic N) is 2. The lowest BCUT2D eigenvalue weighted by atomic mass is 9.83. The van der Waals surface area contributed by atoms with E-state index >= 15 is 0 Å². The normalized spacial score (nSPS) is 16.5. The van der Waals surface area contributed by atoms with Crippen molar-refractivity contribution in [1.29, 1.82) is 0 Å². The van der Waals surface area contributed by atoms with Gasteiger partial charge in [-0.2, -0.15) is 0 Å². The third kappa shape index (κ3) is 4.07. The van der Waals surface area contributed by atoms with Crippen LogP contribution in [0.15, 0.2) is 18.7 Å². The van der Waals surface area contributed by atoms with Gasteiger partial charge in [0.2, 0.25) is 5.91 Å². The summed E-state index contributed by atoms with van der Waals surface area (Å²) in [5.41, 5.74) is 5.22. The van der Waals surface area contributed by atoms with Gasteiger partial charge in [-0.1, -0.05) is 27.7 Å². The van der Waals surface area contributed by atoms with Crippen LogP contribution in [-0.2, 0) is 11.3 Å². The van der Waals surface area contributed by atoms with Crippen LogP contribution in [0.4, 0.5) is 0 Å². The van der Waals surface area contributed by atoms with Crippen LogP contribution in [0.2, 0.25) is 0 Å². The van der Waals surface area contributed by atoms with Crippen molar-refractivity contribution in [2.45, 2.75) is 53.6 Å². The van der Waals surface area contributed by atoms with Crippen LogP contribution >= 0.6 is 0 Å². The van der Waals surface area contributed by atoms with Gasteiger partial charge in [0, 0.05) is 25.5 Å². The summed E-state index contributed by atoms with van der Waals surface area (Å²) in [6.07, 6.45) is 6.16. The Hall–Kier alpha value is -1.36. The molecule has 20 heavy (non-hydrogen) atoms. The Morgan fingerprint density at radius 1 is 1.40 bits per heavy atom. The van der Waals surface area contributed by atoms with Crippen molar-refractivity contribution in [3.63, 3.8) is 0 Å². The summed E-state index contributed by atoms with van der Waals surface area (Å²) in [5, 5.41) is 3.17. The molecule has 0 fully saturated rings. The molecule has 5 nitrogen and oxygen atoms in total. The second-order valence-electron chi connectivity index (χ2n) is 6.77. The van der Waals surface area contributed by atoms with Crippen LogP contribution in [0.1, 0.15) is 41.0 Å². The molecule has 1 heterocycles. The van der Waals surface area contributed by atoms with Gasteiger partial charge >= 0.3 is 0 Å². The molecule has 114 valence electrons. The molecule has 0 aromatic carbocycles. The van der Waals surface area contributed by atoms with Crippen LogP contribution in [0.5, 0.6) is 0 Å². The van der Waals surface area contributed by atoms with E-state index in [2.05, 4.69) is 31.1 Å². The fourth-order valence-corrected chi connectivity index (χ4v) is 1.87. The van der Waals surface area contributed by atoms with Gasteiger partial charge in [-0.25, -0.2) is 4.98 Å². The summed E-state index contributed by atoms with van der Waals surface area (Å²) in [5.74, 6) is 0.0301. The van der Waals surface area contributed by atoms with E-state index in [1.165, 1.54) is 0 Å². The number of carbonyl (C=O) groups excluding carboxylic acids is 1. The van der Waals surface area contributed by atoms with E-state index < -0.39 is 5.41 Å². The molecule has 1 aromatic rings. The zero-order chi connectivity index (χ0) is 15.4. The lowest BCUT2D eigenvalue weighted by Crippen LogP contribution is -2.52. The largest absolute Gasteiger partial charge is 0.351 e. The lowest BCUT2D eigenvalue weighted by Gasteiger charge is -2.35. The summed E-state index contributed by atoms with van der Waals surface area (Å²) in [6, 6.07) is 0.0293. The fraction of sp³-hybridized carbons (Fsp3) is 0.733. The predicted octanol–water partition coefficient (Wildman–Crippen LogP) is 1.79. The number of aromatic nitrogens is 2. The third-order valence-electron chi connectivity index (χ3n) is 4.08. The van der Waals surface area contributed by atoms with Gasteiger partial charge in [0.15, 0.2) is 0 Å². The molecule has 1 aromatic heterocycles. The zero-order valence-corrected chi connectivity index (χ0v) is 13.3. The molecule has 0 aliphatic carbocycles. The van der Waals surface area contributed by atoms with Crippen molar-refractivity contribution in [1.82, 2.24) is 14.9 Å². The molecule has 0 bridgehead atoms. The van der Waals surface area contributed by atoms with Gasteiger partial charge in [-0.05, 0) is 18.8 Å². The van der Waals surface area contributed by atoms with Crippen molar-refractivity contribution >= 4 is 5.91 Å². The monoisotopic (exact) mass is 280 g/mol. The van der Waals surface area contributed by atoms with Gasteiger partial charge in [0.25, 0.3) is 0 Å². The van der Waals surface area contributed by atoms with Gasteiger partial charge in [0.05, 0.1) is 17.8 Å². The van der Waals surface area contributed by atoms with E-state index in [1.54, 1.807) is 12.5 Å². The number of imidazole rings is 1. The number of carbonyl (C=O) groups is 1. The summed E-state index contributed by atoms with van der Waals surface area (Å²) in [4.78, 5) is 16.5. The fourth-order valence-electron chi connectivity index (χ4n) is 1.87. The molecular weight excluding hydrogens is 252 g/mol. The second-order valence-corrected chi connectivity index (χ2v) is 6.77.